The Labute approximate surface area is 112 Å². The molecule has 1 aromatic rings. The number of carbonyl (C=O) groups is 1. The lowest BCUT2D eigenvalue weighted by Crippen LogP contribution is -2.26. The normalized spacial score (nSPS) is 18.4. The highest BCUT2D eigenvalue weighted by atomic mass is 19.1. The lowest BCUT2D eigenvalue weighted by Gasteiger charge is -2.19. The van der Waals surface area contributed by atoms with Gasteiger partial charge in [0, 0.05) is 0 Å². The third-order valence-electron chi connectivity index (χ3n) is 3.67. The number of benzene rings is 1. The molecule has 4 heteroatoms. The molecule has 1 aliphatic rings. The number of anilines is 1. The van der Waals surface area contributed by atoms with Gasteiger partial charge in [-0.15, -0.1) is 0 Å². The van der Waals surface area contributed by atoms with E-state index in [1.165, 1.54) is 6.07 Å². The molecule has 1 amide bonds. The molecule has 0 aliphatic carbocycles. The van der Waals surface area contributed by atoms with Gasteiger partial charge < -0.3 is 10.4 Å². The molecule has 2 N–H and O–H groups in total. The third-order valence-corrected chi connectivity index (χ3v) is 3.67. The lowest BCUT2D eigenvalue weighted by molar-refractivity contribution is -0.119. The minimum Gasteiger partial charge on any atom is -0.388 e. The Balaban J connectivity index is 2.45. The van der Waals surface area contributed by atoms with Crippen molar-refractivity contribution < 1.29 is 14.3 Å². The van der Waals surface area contributed by atoms with Crippen molar-refractivity contribution in [1.29, 1.82) is 0 Å². The molecule has 104 valence electrons. The van der Waals surface area contributed by atoms with E-state index >= 15 is 0 Å². The van der Waals surface area contributed by atoms with Crippen LogP contribution in [0.5, 0.6) is 0 Å². The van der Waals surface area contributed by atoms with E-state index in [4.69, 9.17) is 0 Å². The first kappa shape index (κ1) is 14.0. The fourth-order valence-corrected chi connectivity index (χ4v) is 2.41. The Hall–Kier alpha value is -1.42. The predicted octanol–water partition coefficient (Wildman–Crippen LogP) is 3.13. The summed E-state index contributed by atoms with van der Waals surface area (Å²) in [6.45, 7) is 7.52. The SMILES string of the molecule is CC(C)CC(O)c1cc(F)c2c(c1)C(C)(C)C(=O)N2. The molecule has 0 bridgehead atoms. The van der Waals surface area contributed by atoms with Crippen LogP contribution < -0.4 is 5.32 Å². The first-order chi connectivity index (χ1) is 8.73. The van der Waals surface area contributed by atoms with Gasteiger partial charge in [-0.2, -0.15) is 0 Å². The van der Waals surface area contributed by atoms with Crippen molar-refractivity contribution >= 4 is 11.6 Å². The zero-order valence-corrected chi connectivity index (χ0v) is 11.7. The summed E-state index contributed by atoms with van der Waals surface area (Å²) in [6.07, 6.45) is -0.133. The molecule has 2 rings (SSSR count). The van der Waals surface area contributed by atoms with Crippen LogP contribution in [-0.2, 0) is 10.2 Å². The zero-order chi connectivity index (χ0) is 14.4. The number of hydrogen-bond acceptors (Lipinski definition) is 2. The standard InChI is InChI=1S/C15H20FNO2/c1-8(2)5-12(18)9-6-10-13(11(16)7-9)17-14(19)15(10,3)4/h6-8,12,18H,5H2,1-4H3,(H,17,19). The van der Waals surface area contributed by atoms with Crippen LogP contribution in [0.4, 0.5) is 10.1 Å². The first-order valence-electron chi connectivity index (χ1n) is 6.57. The van der Waals surface area contributed by atoms with Gasteiger partial charge in [0.05, 0.1) is 17.2 Å². The van der Waals surface area contributed by atoms with Crippen LogP contribution in [0.15, 0.2) is 12.1 Å². The van der Waals surface area contributed by atoms with E-state index in [1.54, 1.807) is 19.9 Å². The number of hydrogen-bond donors (Lipinski definition) is 2. The van der Waals surface area contributed by atoms with Crippen LogP contribution in [0.3, 0.4) is 0 Å². The number of amides is 1. The highest BCUT2D eigenvalue weighted by molar-refractivity contribution is 6.05. The molecule has 0 saturated heterocycles. The highest BCUT2D eigenvalue weighted by Gasteiger charge is 2.40. The van der Waals surface area contributed by atoms with Crippen LogP contribution in [0, 0.1) is 11.7 Å². The molecule has 0 radical (unpaired) electrons. The smallest absolute Gasteiger partial charge is 0.234 e. The molecule has 1 atom stereocenters. The molecular formula is C15H20FNO2. The second kappa shape index (κ2) is 4.60. The van der Waals surface area contributed by atoms with Crippen LogP contribution in [0.1, 0.15) is 51.3 Å². The number of aliphatic hydroxyl groups excluding tert-OH is 1. The molecule has 1 aliphatic heterocycles. The predicted molar refractivity (Wildman–Crippen MR) is 72.5 cm³/mol. The number of halogens is 1. The molecule has 19 heavy (non-hydrogen) atoms. The van der Waals surface area contributed by atoms with Crippen LogP contribution in [0.25, 0.3) is 0 Å². The molecule has 0 spiro atoms. The van der Waals surface area contributed by atoms with E-state index < -0.39 is 17.3 Å². The number of rotatable bonds is 3. The molecule has 1 aromatic carbocycles. The molecule has 1 heterocycles. The molecular weight excluding hydrogens is 245 g/mol. The van der Waals surface area contributed by atoms with Gasteiger partial charge in [0.25, 0.3) is 0 Å². The fourth-order valence-electron chi connectivity index (χ4n) is 2.41. The summed E-state index contributed by atoms with van der Waals surface area (Å²) in [5, 5.41) is 12.7. The number of nitrogens with one attached hydrogen (secondary N) is 1. The van der Waals surface area contributed by atoms with Crippen LogP contribution in [0.2, 0.25) is 0 Å². The number of fused-ring (bicyclic) bond motifs is 1. The number of aliphatic hydroxyl groups is 1. The summed E-state index contributed by atoms with van der Waals surface area (Å²) in [4.78, 5) is 11.8. The topological polar surface area (TPSA) is 49.3 Å². The largest absolute Gasteiger partial charge is 0.388 e. The molecule has 0 aromatic heterocycles. The number of carbonyl (C=O) groups excluding carboxylic acids is 1. The van der Waals surface area contributed by atoms with E-state index in [0.717, 1.165) is 0 Å². The van der Waals surface area contributed by atoms with Crippen molar-refractivity contribution in [2.45, 2.75) is 45.6 Å². The van der Waals surface area contributed by atoms with E-state index in [0.29, 0.717) is 23.5 Å². The highest BCUT2D eigenvalue weighted by Crippen LogP contribution is 2.40. The van der Waals surface area contributed by atoms with Crippen LogP contribution >= 0.6 is 0 Å². The van der Waals surface area contributed by atoms with Gasteiger partial charge in [0.15, 0.2) is 0 Å². The third kappa shape index (κ3) is 2.37. The Kier molecular flexibility index (Phi) is 3.39. The van der Waals surface area contributed by atoms with Crippen molar-refractivity contribution in [3.8, 4) is 0 Å². The van der Waals surface area contributed by atoms with E-state index in [-0.39, 0.29) is 11.6 Å². The Morgan fingerprint density at radius 1 is 1.37 bits per heavy atom. The van der Waals surface area contributed by atoms with Gasteiger partial charge in [-0.25, -0.2) is 4.39 Å². The second-order valence-electron chi connectivity index (χ2n) is 6.15. The summed E-state index contributed by atoms with van der Waals surface area (Å²) in [7, 11) is 0. The zero-order valence-electron chi connectivity index (χ0n) is 11.7. The molecule has 0 saturated carbocycles. The van der Waals surface area contributed by atoms with Gasteiger partial charge in [-0.3, -0.25) is 4.79 Å². The summed E-state index contributed by atoms with van der Waals surface area (Å²) in [5.41, 5.74) is 0.643. The fraction of sp³-hybridized carbons (Fsp3) is 0.533. The van der Waals surface area contributed by atoms with Gasteiger partial charge in [-0.1, -0.05) is 13.8 Å². The monoisotopic (exact) mass is 265 g/mol. The second-order valence-corrected chi connectivity index (χ2v) is 6.15. The maximum Gasteiger partial charge on any atom is 0.234 e. The van der Waals surface area contributed by atoms with E-state index in [1.807, 2.05) is 13.8 Å². The summed E-state index contributed by atoms with van der Waals surface area (Å²) in [6, 6.07) is 3.05. The molecule has 1 unspecified atom stereocenters. The van der Waals surface area contributed by atoms with E-state index in [2.05, 4.69) is 5.32 Å². The summed E-state index contributed by atoms with van der Waals surface area (Å²) >= 11 is 0. The van der Waals surface area contributed by atoms with E-state index in [9.17, 15) is 14.3 Å². The first-order valence-corrected chi connectivity index (χ1v) is 6.57. The van der Waals surface area contributed by atoms with Gasteiger partial charge >= 0.3 is 0 Å². The van der Waals surface area contributed by atoms with Crippen molar-refractivity contribution in [2.75, 3.05) is 5.32 Å². The summed E-state index contributed by atoms with van der Waals surface area (Å²) in [5.74, 6) is -0.370. The van der Waals surface area contributed by atoms with Gasteiger partial charge in [0.1, 0.15) is 5.82 Å². The van der Waals surface area contributed by atoms with Crippen LogP contribution in [-0.4, -0.2) is 11.0 Å². The molecule has 3 nitrogen and oxygen atoms in total. The Morgan fingerprint density at radius 2 is 2.00 bits per heavy atom. The van der Waals surface area contributed by atoms with Crippen molar-refractivity contribution in [3.63, 3.8) is 0 Å². The quantitative estimate of drug-likeness (QED) is 0.882. The van der Waals surface area contributed by atoms with Gasteiger partial charge in [0.2, 0.25) is 5.91 Å². The average Bonchev–Trinajstić information content (AvgIpc) is 2.51. The Bertz CT molecular complexity index is 523. The maximum absolute atomic E-state index is 14.0. The van der Waals surface area contributed by atoms with Crippen molar-refractivity contribution in [1.82, 2.24) is 0 Å². The minimum absolute atomic E-state index is 0.211. The van der Waals surface area contributed by atoms with Gasteiger partial charge in [-0.05, 0) is 49.4 Å². The lowest BCUT2D eigenvalue weighted by atomic mass is 9.84. The van der Waals surface area contributed by atoms with Crippen molar-refractivity contribution in [3.05, 3.63) is 29.1 Å². The maximum atomic E-state index is 14.0. The average molecular weight is 265 g/mol. The van der Waals surface area contributed by atoms with Crippen molar-refractivity contribution in [2.24, 2.45) is 5.92 Å². The molecule has 0 fully saturated rings. The summed E-state index contributed by atoms with van der Waals surface area (Å²) < 4.78 is 14.0. The Morgan fingerprint density at radius 3 is 2.58 bits per heavy atom. The minimum atomic E-state index is -0.760.